The van der Waals surface area contributed by atoms with Crippen LogP contribution in [0.25, 0.3) is 0 Å². The van der Waals surface area contributed by atoms with Gasteiger partial charge >= 0.3 is 5.97 Å². The Morgan fingerprint density at radius 2 is 2.33 bits per heavy atom. The van der Waals surface area contributed by atoms with Crippen molar-refractivity contribution in [3.63, 3.8) is 0 Å². The maximum Gasteiger partial charge on any atom is 0.342 e. The molecule has 0 saturated heterocycles. The van der Waals surface area contributed by atoms with E-state index in [1.54, 1.807) is 0 Å². The molecular weight excluding hydrogens is 162 g/mol. The molecule has 0 spiro atoms. The van der Waals surface area contributed by atoms with Crippen LogP contribution in [0.1, 0.15) is 13.3 Å². The van der Waals surface area contributed by atoms with Crippen molar-refractivity contribution >= 4 is 11.8 Å². The van der Waals surface area contributed by atoms with Gasteiger partial charge in [0.05, 0.1) is 12.4 Å². The highest BCUT2D eigenvalue weighted by Crippen LogP contribution is 1.84. The average molecular weight is 169 g/mol. The molecule has 1 aromatic rings. The minimum Gasteiger partial charge on any atom is -0.317 e. The van der Waals surface area contributed by atoms with Gasteiger partial charge in [-0.3, -0.25) is 4.79 Å². The Labute approximate surface area is 68.1 Å². The van der Waals surface area contributed by atoms with E-state index in [1.165, 1.54) is 19.3 Å². The first kappa shape index (κ1) is 8.38. The Bertz CT molecular complexity index is 280. The molecule has 0 unspecified atom stereocenters. The molecule has 0 amide bonds. The number of nitrogens with zero attached hydrogens (tertiary/aromatic N) is 3. The van der Waals surface area contributed by atoms with E-state index >= 15 is 0 Å². The summed E-state index contributed by atoms with van der Waals surface area (Å²) in [6.45, 7) is 1.31. The summed E-state index contributed by atoms with van der Waals surface area (Å²) in [6, 6.07) is 0. The normalized spacial score (nSPS) is 9.42. The molecule has 64 valence electrons. The molecule has 0 fully saturated rings. The molecule has 0 saturated carbocycles. The van der Waals surface area contributed by atoms with Crippen LogP contribution in [0.2, 0.25) is 0 Å². The van der Waals surface area contributed by atoms with Crippen LogP contribution in [-0.4, -0.2) is 26.9 Å². The summed E-state index contributed by atoms with van der Waals surface area (Å²) in [6.07, 6.45) is 2.47. The maximum absolute atomic E-state index is 10.8. The minimum atomic E-state index is -0.645. The third kappa shape index (κ3) is 2.49. The van der Waals surface area contributed by atoms with Crippen molar-refractivity contribution in [2.24, 2.45) is 0 Å². The van der Waals surface area contributed by atoms with E-state index in [2.05, 4.69) is 15.1 Å². The second-order valence-corrected chi connectivity index (χ2v) is 2.15. The van der Waals surface area contributed by atoms with E-state index < -0.39 is 5.97 Å². The van der Waals surface area contributed by atoms with Gasteiger partial charge in [0.15, 0.2) is 0 Å². The molecule has 0 bridgehead atoms. The molecule has 0 aliphatic heterocycles. The SMILES string of the molecule is CC(=O)CC(=O)On1ccnn1. The van der Waals surface area contributed by atoms with Gasteiger partial charge in [0.25, 0.3) is 0 Å². The number of rotatable bonds is 3. The number of Topliss-reactive ketones (excluding diaryl/α,β-unsaturated/α-hetero) is 1. The highest BCUT2D eigenvalue weighted by Gasteiger charge is 2.07. The zero-order valence-corrected chi connectivity index (χ0v) is 6.43. The lowest BCUT2D eigenvalue weighted by Crippen LogP contribution is -2.21. The zero-order valence-electron chi connectivity index (χ0n) is 6.43. The summed E-state index contributed by atoms with van der Waals surface area (Å²) in [5.41, 5.74) is 0. The van der Waals surface area contributed by atoms with Crippen LogP contribution in [0.15, 0.2) is 12.4 Å². The van der Waals surface area contributed by atoms with E-state index in [4.69, 9.17) is 0 Å². The van der Waals surface area contributed by atoms with Gasteiger partial charge in [-0.15, -0.1) is 5.10 Å². The van der Waals surface area contributed by atoms with Crippen LogP contribution in [0.3, 0.4) is 0 Å². The smallest absolute Gasteiger partial charge is 0.317 e. The number of carbonyl (C=O) groups is 2. The molecule has 0 radical (unpaired) electrons. The van der Waals surface area contributed by atoms with Crippen LogP contribution < -0.4 is 4.84 Å². The number of hydrogen-bond donors (Lipinski definition) is 0. The lowest BCUT2D eigenvalue weighted by atomic mass is 10.3. The molecule has 0 aliphatic carbocycles. The molecule has 0 N–H and O–H groups in total. The Balaban J connectivity index is 2.42. The number of hydrogen-bond acceptors (Lipinski definition) is 5. The van der Waals surface area contributed by atoms with Gasteiger partial charge in [-0.05, 0) is 12.1 Å². The Morgan fingerprint density at radius 3 is 2.83 bits per heavy atom. The van der Waals surface area contributed by atoms with Crippen LogP contribution in [0.5, 0.6) is 0 Å². The van der Waals surface area contributed by atoms with Crippen molar-refractivity contribution in [2.45, 2.75) is 13.3 Å². The fourth-order valence-corrected chi connectivity index (χ4v) is 0.586. The van der Waals surface area contributed by atoms with Gasteiger partial charge in [-0.1, -0.05) is 4.85 Å². The van der Waals surface area contributed by atoms with Crippen molar-refractivity contribution in [3.05, 3.63) is 12.4 Å². The van der Waals surface area contributed by atoms with Crippen molar-refractivity contribution in [2.75, 3.05) is 0 Å². The monoisotopic (exact) mass is 169 g/mol. The molecule has 0 aliphatic rings. The van der Waals surface area contributed by atoms with Gasteiger partial charge < -0.3 is 4.84 Å². The third-order valence-electron chi connectivity index (χ3n) is 0.989. The molecule has 1 heterocycles. The average Bonchev–Trinajstić information content (AvgIpc) is 2.37. The van der Waals surface area contributed by atoms with Gasteiger partial charge in [0.1, 0.15) is 12.2 Å². The number of carbonyl (C=O) groups excluding carboxylic acids is 2. The minimum absolute atomic E-state index is 0.250. The molecule has 1 rings (SSSR count). The fraction of sp³-hybridized carbons (Fsp3) is 0.333. The van der Waals surface area contributed by atoms with E-state index in [9.17, 15) is 9.59 Å². The number of ketones is 1. The Kier molecular flexibility index (Phi) is 2.52. The lowest BCUT2D eigenvalue weighted by Gasteiger charge is -1.98. The van der Waals surface area contributed by atoms with E-state index in [0.29, 0.717) is 0 Å². The van der Waals surface area contributed by atoms with Crippen LogP contribution in [-0.2, 0) is 9.59 Å². The largest absolute Gasteiger partial charge is 0.342 e. The first-order valence-corrected chi connectivity index (χ1v) is 3.25. The zero-order chi connectivity index (χ0) is 8.97. The molecule has 0 aromatic carbocycles. The van der Waals surface area contributed by atoms with E-state index in [0.717, 1.165) is 4.85 Å². The first-order chi connectivity index (χ1) is 5.68. The summed E-state index contributed by atoms with van der Waals surface area (Å²) in [5, 5.41) is 6.78. The quantitative estimate of drug-likeness (QED) is 0.438. The van der Waals surface area contributed by atoms with Gasteiger partial charge in [-0.2, -0.15) is 0 Å². The summed E-state index contributed by atoms with van der Waals surface area (Å²) < 4.78 is 0. The second-order valence-electron chi connectivity index (χ2n) is 2.15. The van der Waals surface area contributed by atoms with Crippen molar-refractivity contribution in [3.8, 4) is 0 Å². The van der Waals surface area contributed by atoms with Crippen molar-refractivity contribution in [1.29, 1.82) is 0 Å². The van der Waals surface area contributed by atoms with Crippen LogP contribution >= 0.6 is 0 Å². The summed E-state index contributed by atoms with van der Waals surface area (Å²) in [4.78, 5) is 26.7. The first-order valence-electron chi connectivity index (χ1n) is 3.25. The van der Waals surface area contributed by atoms with E-state index in [1.807, 2.05) is 0 Å². The van der Waals surface area contributed by atoms with Gasteiger partial charge in [-0.25, -0.2) is 4.79 Å². The van der Waals surface area contributed by atoms with Crippen LogP contribution in [0, 0.1) is 0 Å². The lowest BCUT2D eigenvalue weighted by molar-refractivity contribution is -0.147. The summed E-state index contributed by atoms with van der Waals surface area (Å²) in [5.74, 6) is -0.895. The highest BCUT2D eigenvalue weighted by atomic mass is 16.7. The van der Waals surface area contributed by atoms with E-state index in [-0.39, 0.29) is 12.2 Å². The molecule has 6 heteroatoms. The van der Waals surface area contributed by atoms with Gasteiger partial charge in [0.2, 0.25) is 0 Å². The topological polar surface area (TPSA) is 74.1 Å². The molecular formula is C6H7N3O3. The third-order valence-corrected chi connectivity index (χ3v) is 0.989. The molecule has 0 atom stereocenters. The van der Waals surface area contributed by atoms with Gasteiger partial charge in [0, 0.05) is 0 Å². The fourth-order valence-electron chi connectivity index (χ4n) is 0.586. The maximum atomic E-state index is 10.8. The summed E-state index contributed by atoms with van der Waals surface area (Å²) in [7, 11) is 0. The molecule has 6 nitrogen and oxygen atoms in total. The number of aromatic nitrogens is 3. The van der Waals surface area contributed by atoms with Crippen molar-refractivity contribution in [1.82, 2.24) is 15.2 Å². The second kappa shape index (κ2) is 3.61. The molecule has 12 heavy (non-hydrogen) atoms. The molecule has 1 aromatic heterocycles. The summed E-state index contributed by atoms with van der Waals surface area (Å²) >= 11 is 0. The van der Waals surface area contributed by atoms with Crippen molar-refractivity contribution < 1.29 is 14.4 Å². The standard InChI is InChI=1S/C6H7N3O3/c1-5(10)4-6(11)12-9-3-2-7-8-9/h2-3H,4H2,1H3. The Morgan fingerprint density at radius 1 is 1.58 bits per heavy atom. The predicted molar refractivity (Wildman–Crippen MR) is 36.9 cm³/mol. The van der Waals surface area contributed by atoms with Crippen LogP contribution in [0.4, 0.5) is 0 Å². The highest BCUT2D eigenvalue weighted by molar-refractivity contribution is 5.94. The predicted octanol–water partition coefficient (Wildman–Crippen LogP) is -0.788. The Hall–Kier alpha value is -1.72.